The van der Waals surface area contributed by atoms with Crippen molar-refractivity contribution < 1.29 is 42.6 Å². The van der Waals surface area contributed by atoms with Gasteiger partial charge in [-0.15, -0.1) is 0 Å². The van der Waals surface area contributed by atoms with Gasteiger partial charge in [0.15, 0.2) is 17.7 Å². The largest absolute Gasteiger partial charge is 0.444 e. The van der Waals surface area contributed by atoms with Gasteiger partial charge >= 0.3 is 17.9 Å². The summed E-state index contributed by atoms with van der Waals surface area (Å²) in [6.45, 7) is 8.02. The number of carbonyl (C=O) groups is 5. The third-order valence-corrected chi connectivity index (χ3v) is 10.1. The number of aliphatic hydroxyl groups excluding tert-OH is 1. The highest BCUT2D eigenvalue weighted by molar-refractivity contribution is 6.07. The predicted octanol–water partition coefficient (Wildman–Crippen LogP) is 3.36. The number of imide groups is 1. The number of benzene rings is 2. The number of aromatic amines is 1. The number of aliphatic hydroxyl groups is 1. The molecule has 15 nitrogen and oxygen atoms in total. The van der Waals surface area contributed by atoms with Crippen molar-refractivity contribution in [2.45, 2.75) is 108 Å². The van der Waals surface area contributed by atoms with Gasteiger partial charge in [0, 0.05) is 37.4 Å². The van der Waals surface area contributed by atoms with E-state index < -0.39 is 89.1 Å². The van der Waals surface area contributed by atoms with E-state index in [0.29, 0.717) is 17.7 Å². The number of alkyl halides is 2. The number of ketones is 2. The van der Waals surface area contributed by atoms with Crippen LogP contribution in [0.15, 0.2) is 97.6 Å². The molecule has 17 heteroatoms. The van der Waals surface area contributed by atoms with E-state index in [0.717, 1.165) is 0 Å². The summed E-state index contributed by atoms with van der Waals surface area (Å²) in [6.07, 6.45) is -1.65. The Kier molecular flexibility index (Phi) is 15.6. The fourth-order valence-electron chi connectivity index (χ4n) is 6.60. The lowest BCUT2D eigenvalue weighted by molar-refractivity contribution is -0.190. The highest BCUT2D eigenvalue weighted by Crippen LogP contribution is 2.36. The van der Waals surface area contributed by atoms with Crippen LogP contribution < -0.4 is 22.5 Å². The van der Waals surface area contributed by atoms with Crippen molar-refractivity contribution in [3.63, 3.8) is 0 Å². The van der Waals surface area contributed by atoms with Gasteiger partial charge in [0.2, 0.25) is 0 Å². The molecule has 2 aromatic carbocycles. The lowest BCUT2D eigenvalue weighted by atomic mass is 9.76. The average molecular weight is 833 g/mol. The number of rotatable bonds is 19. The predicted molar refractivity (Wildman–Crippen MR) is 218 cm³/mol. The summed E-state index contributed by atoms with van der Waals surface area (Å²) in [5, 5.41) is 14.2. The van der Waals surface area contributed by atoms with Gasteiger partial charge in [-0.1, -0.05) is 87.0 Å². The summed E-state index contributed by atoms with van der Waals surface area (Å²) in [4.78, 5) is 82.7. The van der Waals surface area contributed by atoms with Crippen LogP contribution in [0.1, 0.15) is 69.6 Å². The first kappa shape index (κ1) is 46.9. The van der Waals surface area contributed by atoms with E-state index in [1.54, 1.807) is 83.1 Å². The number of amides is 3. The van der Waals surface area contributed by atoms with Gasteiger partial charge in [-0.05, 0) is 49.9 Å². The summed E-state index contributed by atoms with van der Waals surface area (Å²) in [7, 11) is 0. The molecule has 0 bridgehead atoms. The molecule has 60 heavy (non-hydrogen) atoms. The van der Waals surface area contributed by atoms with Crippen molar-refractivity contribution in [1.82, 2.24) is 25.2 Å². The molecule has 7 atom stereocenters. The van der Waals surface area contributed by atoms with Crippen LogP contribution in [0, 0.1) is 5.92 Å². The number of ether oxygens (including phenoxy) is 1. The molecular formula is C43H54F2N8O7. The molecule has 3 unspecified atom stereocenters. The second-order valence-corrected chi connectivity index (χ2v) is 15.9. The van der Waals surface area contributed by atoms with E-state index in [-0.39, 0.29) is 29.0 Å². The van der Waals surface area contributed by atoms with Crippen LogP contribution in [0.25, 0.3) is 0 Å². The minimum atomic E-state index is -5.11. The number of halogens is 2. The van der Waals surface area contributed by atoms with E-state index in [9.17, 15) is 24.3 Å². The Hall–Kier alpha value is -5.75. The van der Waals surface area contributed by atoms with Gasteiger partial charge in [-0.3, -0.25) is 29.1 Å². The number of aromatic nitrogens is 3. The fourth-order valence-corrected chi connectivity index (χ4v) is 6.60. The maximum Gasteiger partial charge on any atom is 0.408 e. The SMILES string of the molecule is CC[C@H](C)[C@H](N)C(=O)C(c1ccccn1)N(C(=O)[C@H](Cc1ccccc1)NC(=O)OC(C)(C)C)C(=O)C(F)(F)C(O)C(N)(Cc1ccccc1)C(=O)[C@H](N)Cc1cnc[nH]1. The molecule has 2 heterocycles. The van der Waals surface area contributed by atoms with Crippen LogP contribution in [0.5, 0.6) is 0 Å². The molecule has 0 aliphatic rings. The molecule has 9 N–H and O–H groups in total. The highest BCUT2D eigenvalue weighted by Gasteiger charge is 2.62. The summed E-state index contributed by atoms with van der Waals surface area (Å²) in [6, 6.07) is 12.8. The first-order valence-corrected chi connectivity index (χ1v) is 19.5. The maximum atomic E-state index is 17.4. The van der Waals surface area contributed by atoms with Crippen LogP contribution in [-0.4, -0.2) is 95.7 Å². The minimum Gasteiger partial charge on any atom is -0.444 e. The Morgan fingerprint density at radius 3 is 2.05 bits per heavy atom. The third-order valence-electron chi connectivity index (χ3n) is 10.1. The molecule has 0 fully saturated rings. The van der Waals surface area contributed by atoms with Crippen molar-refractivity contribution in [3.8, 4) is 0 Å². The van der Waals surface area contributed by atoms with Gasteiger partial charge in [0.05, 0.1) is 24.1 Å². The summed E-state index contributed by atoms with van der Waals surface area (Å²) in [5.41, 5.74) is 15.8. The zero-order valence-electron chi connectivity index (χ0n) is 34.3. The quantitative estimate of drug-likeness (QED) is 0.0796. The number of imidazole rings is 1. The molecule has 3 amide bonds. The van der Waals surface area contributed by atoms with E-state index >= 15 is 13.6 Å². The number of nitrogens with zero attached hydrogens (tertiary/aromatic N) is 3. The fraction of sp³-hybridized carbons (Fsp3) is 0.419. The maximum absolute atomic E-state index is 17.4. The van der Waals surface area contributed by atoms with Crippen molar-refractivity contribution in [3.05, 3.63) is 120 Å². The number of pyridine rings is 1. The van der Waals surface area contributed by atoms with Crippen molar-refractivity contribution >= 4 is 29.5 Å². The highest BCUT2D eigenvalue weighted by atomic mass is 19.3. The summed E-state index contributed by atoms with van der Waals surface area (Å²) in [5.74, 6) is -11.9. The molecule has 2 aromatic heterocycles. The first-order chi connectivity index (χ1) is 28.2. The molecule has 0 spiro atoms. The number of H-pyrrole nitrogens is 1. The van der Waals surface area contributed by atoms with Crippen molar-refractivity contribution in [2.75, 3.05) is 0 Å². The van der Waals surface area contributed by atoms with Gasteiger partial charge in [-0.2, -0.15) is 8.78 Å². The Morgan fingerprint density at radius 1 is 0.917 bits per heavy atom. The topological polar surface area (TPSA) is 250 Å². The standard InChI is InChI=1S/C43H54F2N8O7/c1-6-26(2)33(47)35(54)34(31-19-13-14-20-50-31)53(37(56)32(21-27-15-9-7-10-16-27)52-40(59)60-41(3,4)5)39(58)43(44,45)38(57)42(48,23-28-17-11-8-12-18-28)36(55)30(46)22-29-24-49-25-51-29/h7-20,24-26,30,32-34,38,57H,6,21-23,46-48H2,1-5H3,(H,49,51)(H,52,59)/t26-,30+,32-,33-,34?,38?,42?/m0/s1. The van der Waals surface area contributed by atoms with Gasteiger partial charge in [-0.25, -0.2) is 9.78 Å². The lowest BCUT2D eigenvalue weighted by Crippen LogP contribution is -2.71. The van der Waals surface area contributed by atoms with E-state index in [2.05, 4.69) is 20.3 Å². The van der Waals surface area contributed by atoms with Crippen LogP contribution in [-0.2, 0) is 43.2 Å². The number of nitrogens with one attached hydrogen (secondary N) is 2. The first-order valence-electron chi connectivity index (χ1n) is 19.5. The number of carbonyl (C=O) groups excluding carboxylic acids is 5. The molecule has 4 aromatic rings. The Morgan fingerprint density at radius 2 is 1.52 bits per heavy atom. The van der Waals surface area contributed by atoms with Crippen LogP contribution >= 0.6 is 0 Å². The molecule has 0 aliphatic carbocycles. The Balaban J connectivity index is 1.94. The molecular weight excluding hydrogens is 779 g/mol. The summed E-state index contributed by atoms with van der Waals surface area (Å²) >= 11 is 0. The van der Waals surface area contributed by atoms with Crippen LogP contribution in [0.4, 0.5) is 13.6 Å². The summed E-state index contributed by atoms with van der Waals surface area (Å²) < 4.78 is 40.2. The molecule has 0 aliphatic heterocycles. The van der Waals surface area contributed by atoms with E-state index in [1.807, 2.05) is 0 Å². The van der Waals surface area contributed by atoms with Crippen LogP contribution in [0.3, 0.4) is 0 Å². The molecule has 0 radical (unpaired) electrons. The molecule has 322 valence electrons. The van der Waals surface area contributed by atoms with Crippen molar-refractivity contribution in [1.29, 1.82) is 0 Å². The van der Waals surface area contributed by atoms with E-state index in [4.69, 9.17) is 21.9 Å². The second kappa shape index (κ2) is 20.0. The number of hydrogen-bond donors (Lipinski definition) is 6. The number of alkyl carbamates (subject to hydrolysis) is 1. The van der Waals surface area contributed by atoms with E-state index in [1.165, 1.54) is 49.1 Å². The molecule has 0 saturated carbocycles. The zero-order chi connectivity index (χ0) is 44.4. The van der Waals surface area contributed by atoms with Crippen LogP contribution in [0.2, 0.25) is 0 Å². The number of nitrogens with two attached hydrogens (primary N) is 3. The smallest absolute Gasteiger partial charge is 0.408 e. The number of Topliss-reactive ketones (excluding diaryl/α,β-unsaturated/α-hetero) is 2. The zero-order valence-corrected chi connectivity index (χ0v) is 34.3. The second-order valence-electron chi connectivity index (χ2n) is 15.9. The minimum absolute atomic E-state index is 0.0426. The van der Waals surface area contributed by atoms with Crippen molar-refractivity contribution in [2.24, 2.45) is 23.1 Å². The molecule has 4 rings (SSSR count). The van der Waals surface area contributed by atoms with Gasteiger partial charge in [0.25, 0.3) is 5.91 Å². The Labute approximate surface area is 347 Å². The van der Waals surface area contributed by atoms with Gasteiger partial charge < -0.3 is 37.3 Å². The Bertz CT molecular complexity index is 2050. The monoisotopic (exact) mass is 832 g/mol. The van der Waals surface area contributed by atoms with Gasteiger partial charge in [0.1, 0.15) is 23.2 Å². The average Bonchev–Trinajstić information content (AvgIpc) is 3.74. The number of hydrogen-bond acceptors (Lipinski definition) is 12. The third kappa shape index (κ3) is 11.5. The molecule has 0 saturated heterocycles. The normalized spacial score (nSPS) is 15.9. The lowest BCUT2D eigenvalue weighted by Gasteiger charge is -2.41.